The predicted molar refractivity (Wildman–Crippen MR) is 145 cm³/mol. The number of nitrogens with zero attached hydrogens (tertiary/aromatic N) is 3. The van der Waals surface area contributed by atoms with E-state index in [1.807, 2.05) is 32.0 Å². The Morgan fingerprint density at radius 3 is 2.55 bits per heavy atom. The minimum absolute atomic E-state index is 0.108. The first-order valence-electron chi connectivity index (χ1n) is 12.4. The van der Waals surface area contributed by atoms with Crippen molar-refractivity contribution in [2.45, 2.75) is 46.5 Å². The fraction of sp³-hybridized carbons (Fsp3) is 0.241. The van der Waals surface area contributed by atoms with Gasteiger partial charge in [0.25, 0.3) is 0 Å². The van der Waals surface area contributed by atoms with Gasteiger partial charge in [0, 0.05) is 5.56 Å². The Hall–Kier alpha value is -4.53. The number of hydrazone groups is 2. The van der Waals surface area contributed by atoms with Crippen LogP contribution in [0.2, 0.25) is 0 Å². The first-order chi connectivity index (χ1) is 18.2. The Kier molecular flexibility index (Phi) is 6.44. The highest BCUT2D eigenvalue weighted by Crippen LogP contribution is 2.43. The van der Waals surface area contributed by atoms with Crippen LogP contribution in [-0.4, -0.2) is 33.5 Å². The summed E-state index contributed by atoms with van der Waals surface area (Å²) in [7, 11) is 0. The molecule has 0 radical (unpaired) electrons. The molecule has 0 bridgehead atoms. The van der Waals surface area contributed by atoms with Gasteiger partial charge in [0.2, 0.25) is 0 Å². The Balaban J connectivity index is 1.53. The van der Waals surface area contributed by atoms with Crippen LogP contribution in [0.1, 0.15) is 52.4 Å². The minimum atomic E-state index is -1.39. The van der Waals surface area contributed by atoms with Gasteiger partial charge < -0.3 is 10.2 Å². The highest BCUT2D eigenvalue weighted by Gasteiger charge is 2.31. The van der Waals surface area contributed by atoms with Gasteiger partial charge >= 0.3 is 11.9 Å². The normalized spacial score (nSPS) is 16.0. The molecule has 0 unspecified atom stereocenters. The molecule has 0 fully saturated rings. The molecular weight excluding hydrogens is 487 g/mol. The number of carboxylic acid groups (broad SMARTS) is 1. The number of fused-ring (bicyclic) bond motifs is 1. The van der Waals surface area contributed by atoms with Crippen LogP contribution in [0.25, 0.3) is 11.1 Å². The third kappa shape index (κ3) is 4.40. The number of hydrogen-bond donors (Lipinski definition) is 3. The molecule has 0 spiro atoms. The maximum absolute atomic E-state index is 14.1. The van der Waals surface area contributed by atoms with Gasteiger partial charge in [0.05, 0.1) is 22.6 Å². The van der Waals surface area contributed by atoms with Crippen LogP contribution in [0, 0.1) is 19.7 Å². The zero-order valence-electron chi connectivity index (χ0n) is 21.3. The molecule has 1 aliphatic carbocycles. The van der Waals surface area contributed by atoms with Crippen LogP contribution in [0.3, 0.4) is 0 Å². The lowest BCUT2D eigenvalue weighted by molar-refractivity contribution is -0.112. The predicted octanol–water partition coefficient (Wildman–Crippen LogP) is 5.58. The third-order valence-electron chi connectivity index (χ3n) is 7.12. The van der Waals surface area contributed by atoms with Gasteiger partial charge in [0.15, 0.2) is 5.71 Å². The SMILES string of the molecule is CC1=NN(c2ccc(C)c(C)c2)C(=O)/C1=N\Nc1cc2c(c(-c3ccc(F)c(C(=O)O)c3)c1O)CCCC2. The monoisotopic (exact) mass is 514 g/mol. The van der Waals surface area contributed by atoms with Crippen LogP contribution in [0.5, 0.6) is 5.75 Å². The average Bonchev–Trinajstić information content (AvgIpc) is 3.17. The van der Waals surface area contributed by atoms with Crippen LogP contribution in [0.15, 0.2) is 52.7 Å². The highest BCUT2D eigenvalue weighted by atomic mass is 19.1. The van der Waals surface area contributed by atoms with E-state index in [1.54, 1.807) is 13.0 Å². The maximum Gasteiger partial charge on any atom is 0.338 e. The molecule has 1 aliphatic heterocycles. The fourth-order valence-corrected chi connectivity index (χ4v) is 4.91. The topological polar surface area (TPSA) is 115 Å². The van der Waals surface area contributed by atoms with Crippen molar-refractivity contribution in [1.29, 1.82) is 0 Å². The molecule has 3 N–H and O–H groups in total. The van der Waals surface area contributed by atoms with Crippen molar-refractivity contribution in [2.75, 3.05) is 10.4 Å². The van der Waals surface area contributed by atoms with Gasteiger partial charge in [-0.25, -0.2) is 9.18 Å². The number of anilines is 2. The lowest BCUT2D eigenvalue weighted by Gasteiger charge is -2.23. The minimum Gasteiger partial charge on any atom is -0.505 e. The molecule has 0 saturated carbocycles. The van der Waals surface area contributed by atoms with Crippen molar-refractivity contribution in [3.8, 4) is 16.9 Å². The molecule has 3 aromatic rings. The van der Waals surface area contributed by atoms with Gasteiger partial charge in [-0.05, 0) is 105 Å². The van der Waals surface area contributed by atoms with Gasteiger partial charge in [-0.1, -0.05) is 12.1 Å². The molecule has 9 heteroatoms. The molecule has 38 heavy (non-hydrogen) atoms. The summed E-state index contributed by atoms with van der Waals surface area (Å²) in [4.78, 5) is 24.7. The Morgan fingerprint density at radius 2 is 1.82 bits per heavy atom. The quantitative estimate of drug-likeness (QED) is 0.304. The molecule has 1 amide bonds. The van der Waals surface area contributed by atoms with Gasteiger partial charge in [-0.15, -0.1) is 0 Å². The summed E-state index contributed by atoms with van der Waals surface area (Å²) in [5.74, 6) is -2.79. The number of benzene rings is 3. The Morgan fingerprint density at radius 1 is 1.05 bits per heavy atom. The van der Waals surface area contributed by atoms with E-state index in [9.17, 15) is 24.2 Å². The van der Waals surface area contributed by atoms with E-state index in [0.717, 1.165) is 47.6 Å². The molecule has 5 rings (SSSR count). The number of carboxylic acids is 1. The highest BCUT2D eigenvalue weighted by molar-refractivity contribution is 6.71. The lowest BCUT2D eigenvalue weighted by atomic mass is 9.84. The summed E-state index contributed by atoms with van der Waals surface area (Å²) in [6, 6.07) is 11.2. The number of phenols is 1. The van der Waals surface area contributed by atoms with Crippen molar-refractivity contribution >= 4 is 34.7 Å². The molecule has 194 valence electrons. The van der Waals surface area contributed by atoms with E-state index in [4.69, 9.17) is 0 Å². The summed E-state index contributed by atoms with van der Waals surface area (Å²) >= 11 is 0. The number of carbonyl (C=O) groups is 2. The first-order valence-corrected chi connectivity index (χ1v) is 12.4. The second-order valence-electron chi connectivity index (χ2n) is 9.64. The molecule has 0 aromatic heterocycles. The number of nitrogens with one attached hydrogen (secondary N) is 1. The number of aryl methyl sites for hydroxylation is 3. The molecule has 2 aliphatic rings. The number of phenolic OH excluding ortho intramolecular Hbond substituents is 1. The molecule has 0 saturated heterocycles. The number of carbonyl (C=O) groups excluding carboxylic acids is 1. The zero-order chi connectivity index (χ0) is 27.1. The average molecular weight is 515 g/mol. The standard InChI is InChI=1S/C29H27FN4O4/c1-15-8-10-20(12-16(15)2)34-28(36)26(17(3)33-34)32-31-24-14-18-6-4-5-7-21(18)25(27(24)35)19-9-11-23(30)22(13-19)29(37)38/h8-14,31,35H,4-7H2,1-3H3,(H,37,38)/b32-26-. The Bertz CT molecular complexity index is 1560. The van der Waals surface area contributed by atoms with Crippen molar-refractivity contribution in [1.82, 2.24) is 0 Å². The zero-order valence-corrected chi connectivity index (χ0v) is 21.3. The summed E-state index contributed by atoms with van der Waals surface area (Å²) in [5, 5.41) is 30.7. The van der Waals surface area contributed by atoms with E-state index in [0.29, 0.717) is 28.9 Å². The first kappa shape index (κ1) is 25.1. The number of hydrogen-bond acceptors (Lipinski definition) is 6. The van der Waals surface area contributed by atoms with Crippen molar-refractivity contribution in [3.63, 3.8) is 0 Å². The maximum atomic E-state index is 14.1. The second-order valence-corrected chi connectivity index (χ2v) is 9.64. The van der Waals surface area contributed by atoms with E-state index in [2.05, 4.69) is 15.6 Å². The van der Waals surface area contributed by atoms with Crippen molar-refractivity contribution in [2.24, 2.45) is 10.2 Å². The Labute approximate surface area is 219 Å². The van der Waals surface area contributed by atoms with Gasteiger partial charge in [-0.2, -0.15) is 15.2 Å². The molecular formula is C29H27FN4O4. The smallest absolute Gasteiger partial charge is 0.338 e. The number of rotatable bonds is 5. The summed E-state index contributed by atoms with van der Waals surface area (Å²) in [6.45, 7) is 5.64. The summed E-state index contributed by atoms with van der Waals surface area (Å²) in [6.07, 6.45) is 3.34. The number of aromatic hydroxyl groups is 1. The third-order valence-corrected chi connectivity index (χ3v) is 7.12. The van der Waals surface area contributed by atoms with Gasteiger partial charge in [0.1, 0.15) is 11.6 Å². The van der Waals surface area contributed by atoms with Crippen LogP contribution < -0.4 is 10.4 Å². The molecule has 1 heterocycles. The summed E-state index contributed by atoms with van der Waals surface area (Å²) in [5.41, 5.74) is 8.63. The van der Waals surface area contributed by atoms with E-state index >= 15 is 0 Å². The lowest BCUT2D eigenvalue weighted by Crippen LogP contribution is -2.28. The largest absolute Gasteiger partial charge is 0.505 e. The van der Waals surface area contributed by atoms with Crippen molar-refractivity contribution < 1.29 is 24.2 Å². The van der Waals surface area contributed by atoms with E-state index in [1.165, 1.54) is 17.1 Å². The number of aromatic carboxylic acids is 1. The van der Waals surface area contributed by atoms with Crippen LogP contribution in [0.4, 0.5) is 15.8 Å². The number of amides is 1. The summed E-state index contributed by atoms with van der Waals surface area (Å²) < 4.78 is 14.1. The molecule has 3 aromatic carbocycles. The van der Waals surface area contributed by atoms with Crippen LogP contribution >= 0.6 is 0 Å². The molecule has 8 nitrogen and oxygen atoms in total. The van der Waals surface area contributed by atoms with Gasteiger partial charge in [-0.3, -0.25) is 10.2 Å². The van der Waals surface area contributed by atoms with E-state index in [-0.39, 0.29) is 17.1 Å². The molecule has 0 atom stereocenters. The van der Waals surface area contributed by atoms with Crippen LogP contribution in [-0.2, 0) is 17.6 Å². The fourth-order valence-electron chi connectivity index (χ4n) is 4.91. The van der Waals surface area contributed by atoms with E-state index < -0.39 is 23.3 Å². The van der Waals surface area contributed by atoms with Crippen molar-refractivity contribution in [3.05, 3.63) is 76.1 Å². The second kappa shape index (κ2) is 9.74. The number of halogens is 1.